The molecule has 1 aliphatic heterocycles. The van der Waals surface area contributed by atoms with Crippen LogP contribution in [0.25, 0.3) is 0 Å². The van der Waals surface area contributed by atoms with Crippen LogP contribution < -0.4 is 10.6 Å². The Bertz CT molecular complexity index is 441. The summed E-state index contributed by atoms with van der Waals surface area (Å²) in [5, 5.41) is 12.7. The van der Waals surface area contributed by atoms with E-state index in [4.69, 9.17) is 0 Å². The van der Waals surface area contributed by atoms with Gasteiger partial charge >= 0.3 is 0 Å². The van der Waals surface area contributed by atoms with Crippen LogP contribution in [0.2, 0.25) is 0 Å². The van der Waals surface area contributed by atoms with E-state index in [0.29, 0.717) is 0 Å². The molecule has 0 spiro atoms. The SMILES string of the molecule is OC1C[P+]1(c1ccccc1)c1ccccc1. The molecule has 0 bridgehead atoms. The van der Waals surface area contributed by atoms with E-state index in [0.717, 1.165) is 6.16 Å². The third-order valence-corrected chi connectivity index (χ3v) is 7.35. The molecule has 1 atom stereocenters. The molecule has 0 saturated carbocycles. The Labute approximate surface area is 96.1 Å². The molecule has 80 valence electrons. The Morgan fingerprint density at radius 1 is 0.812 bits per heavy atom. The predicted molar refractivity (Wildman–Crippen MR) is 69.9 cm³/mol. The van der Waals surface area contributed by atoms with Crippen molar-refractivity contribution in [1.82, 2.24) is 0 Å². The molecule has 0 aromatic heterocycles. The molecule has 2 aromatic carbocycles. The smallest absolute Gasteiger partial charge is 0.208 e. The number of aliphatic hydroxyl groups excluding tert-OH is 1. The van der Waals surface area contributed by atoms with Gasteiger partial charge in [0.25, 0.3) is 0 Å². The molecule has 1 heterocycles. The monoisotopic (exact) mass is 229 g/mol. The molecule has 0 aliphatic carbocycles. The Hall–Kier alpha value is -1.17. The Morgan fingerprint density at radius 3 is 1.50 bits per heavy atom. The van der Waals surface area contributed by atoms with E-state index in [1.165, 1.54) is 10.6 Å². The first kappa shape index (κ1) is 10.0. The molecular formula is C14H14OP+. The summed E-state index contributed by atoms with van der Waals surface area (Å²) in [7, 11) is -1.43. The second-order valence-electron chi connectivity index (χ2n) is 4.20. The van der Waals surface area contributed by atoms with Gasteiger partial charge in [0.1, 0.15) is 24.0 Å². The molecule has 1 N–H and O–H groups in total. The number of benzene rings is 2. The minimum absolute atomic E-state index is 0.128. The van der Waals surface area contributed by atoms with E-state index in [9.17, 15) is 5.11 Å². The van der Waals surface area contributed by atoms with Crippen LogP contribution >= 0.6 is 7.26 Å². The zero-order valence-electron chi connectivity index (χ0n) is 8.95. The van der Waals surface area contributed by atoms with Crippen LogP contribution in [0.15, 0.2) is 60.7 Å². The van der Waals surface area contributed by atoms with Crippen LogP contribution in [0.1, 0.15) is 0 Å². The highest BCUT2D eigenvalue weighted by Crippen LogP contribution is 2.74. The van der Waals surface area contributed by atoms with Crippen molar-refractivity contribution in [3.8, 4) is 0 Å². The third kappa shape index (κ3) is 1.40. The van der Waals surface area contributed by atoms with Gasteiger partial charge in [0.2, 0.25) is 5.85 Å². The number of hydrogen-bond acceptors (Lipinski definition) is 1. The van der Waals surface area contributed by atoms with Crippen LogP contribution in [0.5, 0.6) is 0 Å². The summed E-state index contributed by atoms with van der Waals surface area (Å²) >= 11 is 0. The van der Waals surface area contributed by atoms with Crippen molar-refractivity contribution >= 4 is 17.9 Å². The first-order valence-electron chi connectivity index (χ1n) is 5.51. The lowest BCUT2D eigenvalue weighted by Crippen LogP contribution is -2.14. The third-order valence-electron chi connectivity index (χ3n) is 3.26. The molecule has 0 amide bonds. The lowest BCUT2D eigenvalue weighted by molar-refractivity contribution is 0.311. The van der Waals surface area contributed by atoms with Crippen molar-refractivity contribution in [3.05, 3.63) is 60.7 Å². The van der Waals surface area contributed by atoms with Gasteiger partial charge in [0, 0.05) is 0 Å². The van der Waals surface area contributed by atoms with Crippen molar-refractivity contribution in [2.24, 2.45) is 0 Å². The van der Waals surface area contributed by atoms with Crippen LogP contribution in [-0.4, -0.2) is 17.1 Å². The van der Waals surface area contributed by atoms with Gasteiger partial charge in [-0.3, -0.25) is 0 Å². The maximum atomic E-state index is 10.0. The second-order valence-corrected chi connectivity index (χ2v) is 7.93. The fraction of sp³-hybridized carbons (Fsp3) is 0.143. The molecular weight excluding hydrogens is 215 g/mol. The fourth-order valence-corrected chi connectivity index (χ4v) is 6.03. The summed E-state index contributed by atoms with van der Waals surface area (Å²) in [6, 6.07) is 20.9. The summed E-state index contributed by atoms with van der Waals surface area (Å²) in [6.07, 6.45) is 0.945. The minimum atomic E-state index is -1.43. The standard InChI is InChI=1S/C14H14OP/c15-14-11-16(14,12-7-3-1-4-8-12)13-9-5-2-6-10-13/h1-10,14-15H,11H2/q+1. The topological polar surface area (TPSA) is 20.2 Å². The Balaban J connectivity index is 2.10. The van der Waals surface area contributed by atoms with Gasteiger partial charge in [-0.1, -0.05) is 36.4 Å². The molecule has 3 rings (SSSR count). The minimum Gasteiger partial charge on any atom is -0.356 e. The Morgan fingerprint density at radius 2 is 1.19 bits per heavy atom. The molecule has 16 heavy (non-hydrogen) atoms. The van der Waals surface area contributed by atoms with Crippen molar-refractivity contribution in [2.75, 3.05) is 6.16 Å². The van der Waals surface area contributed by atoms with Crippen LogP contribution in [0, 0.1) is 0 Å². The first-order chi connectivity index (χ1) is 7.84. The molecule has 2 aromatic rings. The summed E-state index contributed by atoms with van der Waals surface area (Å²) in [6.45, 7) is 0. The van der Waals surface area contributed by atoms with E-state index in [1.54, 1.807) is 0 Å². The molecule has 1 fully saturated rings. The normalized spacial score (nSPS) is 21.7. The lowest BCUT2D eigenvalue weighted by atomic mass is 10.4. The lowest BCUT2D eigenvalue weighted by Gasteiger charge is -2.08. The van der Waals surface area contributed by atoms with Crippen LogP contribution in [0.3, 0.4) is 0 Å². The molecule has 2 heteroatoms. The zero-order valence-corrected chi connectivity index (χ0v) is 9.85. The van der Waals surface area contributed by atoms with Crippen molar-refractivity contribution in [3.63, 3.8) is 0 Å². The maximum absolute atomic E-state index is 10.0. The molecule has 1 aliphatic rings. The Kier molecular flexibility index (Phi) is 2.31. The summed E-state index contributed by atoms with van der Waals surface area (Å²) in [5.41, 5.74) is 0. The average molecular weight is 229 g/mol. The van der Waals surface area contributed by atoms with Crippen molar-refractivity contribution < 1.29 is 5.11 Å². The number of aliphatic hydroxyl groups is 1. The summed E-state index contributed by atoms with van der Waals surface area (Å²) < 4.78 is 0. The fourth-order valence-electron chi connectivity index (χ4n) is 2.30. The number of rotatable bonds is 2. The predicted octanol–water partition coefficient (Wildman–Crippen LogP) is 1.99. The van der Waals surface area contributed by atoms with Gasteiger partial charge in [-0.25, -0.2) is 0 Å². The van der Waals surface area contributed by atoms with Gasteiger partial charge in [-0.2, -0.15) is 0 Å². The van der Waals surface area contributed by atoms with Gasteiger partial charge in [-0.15, -0.1) is 0 Å². The average Bonchev–Trinajstić information content (AvgIpc) is 3.05. The number of hydrogen-bond donors (Lipinski definition) is 1. The molecule has 1 unspecified atom stereocenters. The van der Waals surface area contributed by atoms with E-state index >= 15 is 0 Å². The second kappa shape index (κ2) is 3.69. The molecule has 1 nitrogen and oxygen atoms in total. The van der Waals surface area contributed by atoms with Gasteiger partial charge in [-0.05, 0) is 24.3 Å². The highest BCUT2D eigenvalue weighted by molar-refractivity contribution is 7.96. The molecule has 1 saturated heterocycles. The van der Waals surface area contributed by atoms with Gasteiger partial charge < -0.3 is 5.11 Å². The van der Waals surface area contributed by atoms with E-state index in [2.05, 4.69) is 48.5 Å². The maximum Gasteiger partial charge on any atom is 0.208 e. The van der Waals surface area contributed by atoms with Crippen LogP contribution in [0.4, 0.5) is 0 Å². The van der Waals surface area contributed by atoms with Gasteiger partial charge in [0.05, 0.1) is 0 Å². The summed E-state index contributed by atoms with van der Waals surface area (Å²) in [4.78, 5) is 0. The van der Waals surface area contributed by atoms with E-state index in [-0.39, 0.29) is 5.85 Å². The van der Waals surface area contributed by atoms with E-state index < -0.39 is 7.26 Å². The van der Waals surface area contributed by atoms with Gasteiger partial charge in [0.15, 0.2) is 0 Å². The zero-order chi connectivity index (χ0) is 11.0. The van der Waals surface area contributed by atoms with Crippen molar-refractivity contribution in [2.45, 2.75) is 5.85 Å². The largest absolute Gasteiger partial charge is 0.356 e. The first-order valence-corrected chi connectivity index (χ1v) is 7.55. The summed E-state index contributed by atoms with van der Waals surface area (Å²) in [5.74, 6) is -0.128. The van der Waals surface area contributed by atoms with Crippen LogP contribution in [-0.2, 0) is 0 Å². The van der Waals surface area contributed by atoms with E-state index in [1.807, 2.05) is 12.1 Å². The molecule has 0 radical (unpaired) electrons. The highest BCUT2D eigenvalue weighted by Gasteiger charge is 2.66. The van der Waals surface area contributed by atoms with Crippen molar-refractivity contribution in [1.29, 1.82) is 0 Å². The quantitative estimate of drug-likeness (QED) is 0.781. The highest BCUT2D eigenvalue weighted by atomic mass is 31.2.